The first-order valence-electron chi connectivity index (χ1n) is 17.3. The van der Waals surface area contributed by atoms with Gasteiger partial charge in [-0.2, -0.15) is 4.99 Å². The Labute approximate surface area is 315 Å². The molecule has 0 fully saturated rings. The predicted molar refractivity (Wildman–Crippen MR) is 204 cm³/mol. The molecule has 15 heteroatoms. The lowest BCUT2D eigenvalue weighted by Gasteiger charge is -2.21. The number of halogens is 1. The molecule has 3 aromatic carbocycles. The van der Waals surface area contributed by atoms with E-state index >= 15 is 0 Å². The maximum Gasteiger partial charge on any atom is 0.441 e. The lowest BCUT2D eigenvalue weighted by molar-refractivity contribution is -0.144. The minimum atomic E-state index is -0.932. The molecule has 55 heavy (non-hydrogen) atoms. The van der Waals surface area contributed by atoms with Gasteiger partial charge in [0.2, 0.25) is 0 Å². The minimum absolute atomic E-state index is 0.0162. The molecule has 0 aliphatic rings. The number of anilines is 2. The number of fused-ring (bicyclic) bond motifs is 1. The van der Waals surface area contributed by atoms with Gasteiger partial charge in [-0.05, 0) is 99.6 Å². The van der Waals surface area contributed by atoms with E-state index < -0.39 is 17.9 Å². The summed E-state index contributed by atoms with van der Waals surface area (Å²) >= 11 is 0. The average molecular weight is 744 g/mol. The van der Waals surface area contributed by atoms with Crippen LogP contribution in [0.5, 0.6) is 5.75 Å². The van der Waals surface area contributed by atoms with Crippen molar-refractivity contribution in [3.63, 3.8) is 0 Å². The zero-order valence-electron chi connectivity index (χ0n) is 30.6. The van der Waals surface area contributed by atoms with Gasteiger partial charge in [0.1, 0.15) is 35.7 Å². The Bertz CT molecular complexity index is 2380. The van der Waals surface area contributed by atoms with Crippen molar-refractivity contribution >= 4 is 46.3 Å². The number of benzene rings is 3. The van der Waals surface area contributed by atoms with E-state index in [4.69, 9.17) is 20.2 Å². The molecule has 0 atom stereocenters. The number of amides is 2. The summed E-state index contributed by atoms with van der Waals surface area (Å²) in [7, 11) is 1.88. The number of imidazole rings is 1. The topological polar surface area (TPSA) is 180 Å². The highest BCUT2D eigenvalue weighted by Gasteiger charge is 2.22. The highest BCUT2D eigenvalue weighted by molar-refractivity contribution is 6.07. The Kier molecular flexibility index (Phi) is 11.5. The second kappa shape index (κ2) is 16.8. The van der Waals surface area contributed by atoms with Crippen LogP contribution in [0.15, 0.2) is 96.1 Å². The molecule has 3 heterocycles. The van der Waals surface area contributed by atoms with Crippen LogP contribution in [0.2, 0.25) is 0 Å². The van der Waals surface area contributed by atoms with E-state index in [9.17, 15) is 18.8 Å². The number of aryl methyl sites for hydroxylation is 4. The number of pyridine rings is 1. The first-order chi connectivity index (χ1) is 26.4. The van der Waals surface area contributed by atoms with Crippen molar-refractivity contribution in [1.82, 2.24) is 24.5 Å². The maximum absolute atomic E-state index is 13.9. The molecule has 6 rings (SSSR count). The summed E-state index contributed by atoms with van der Waals surface area (Å²) < 4.78 is 25.6. The smallest absolute Gasteiger partial charge is 0.441 e. The lowest BCUT2D eigenvalue weighted by Crippen LogP contribution is -2.34. The molecule has 0 aliphatic carbocycles. The van der Waals surface area contributed by atoms with E-state index in [0.717, 1.165) is 22.6 Å². The van der Waals surface area contributed by atoms with Crippen LogP contribution in [0, 0.1) is 26.6 Å². The summed E-state index contributed by atoms with van der Waals surface area (Å²) in [5.74, 6) is -0.0824. The molecule has 14 nitrogen and oxygen atoms in total. The molecular formula is C40H38FN9O5. The van der Waals surface area contributed by atoms with E-state index in [-0.39, 0.29) is 37.1 Å². The third-order valence-corrected chi connectivity index (χ3v) is 8.74. The molecule has 0 saturated heterocycles. The molecule has 0 radical (unpaired) electrons. The monoisotopic (exact) mass is 743 g/mol. The molecule has 6 aromatic rings. The van der Waals surface area contributed by atoms with E-state index in [1.165, 1.54) is 29.2 Å². The molecule has 0 bridgehead atoms. The molecule has 0 spiro atoms. The summed E-state index contributed by atoms with van der Waals surface area (Å²) in [4.78, 5) is 62.2. The van der Waals surface area contributed by atoms with Crippen LogP contribution in [0.25, 0.3) is 11.0 Å². The number of nitrogens with one attached hydrogen (secondary N) is 1. The maximum atomic E-state index is 13.9. The second-order valence-corrected chi connectivity index (χ2v) is 12.5. The van der Waals surface area contributed by atoms with Crippen molar-refractivity contribution in [3.8, 4) is 5.75 Å². The van der Waals surface area contributed by atoms with E-state index in [2.05, 4.69) is 25.3 Å². The number of carbonyl (C=O) groups is 3. The van der Waals surface area contributed by atoms with Crippen LogP contribution in [0.4, 0.5) is 20.7 Å². The van der Waals surface area contributed by atoms with Crippen LogP contribution >= 0.6 is 0 Å². The first-order valence-corrected chi connectivity index (χ1v) is 17.3. The predicted octanol–water partition coefficient (Wildman–Crippen LogP) is 6.12. The quantitative estimate of drug-likeness (QED) is 0.0838. The van der Waals surface area contributed by atoms with Crippen LogP contribution < -0.4 is 20.7 Å². The summed E-state index contributed by atoms with van der Waals surface area (Å²) in [5, 5.41) is 3.32. The Morgan fingerprint density at radius 2 is 1.62 bits per heavy atom. The van der Waals surface area contributed by atoms with E-state index in [1.807, 2.05) is 38.5 Å². The fourth-order valence-electron chi connectivity index (χ4n) is 5.58. The second-order valence-electron chi connectivity index (χ2n) is 12.5. The first kappa shape index (κ1) is 37.7. The van der Waals surface area contributed by atoms with Gasteiger partial charge in [0.05, 0.1) is 46.8 Å². The molecular weight excluding hydrogens is 705 g/mol. The van der Waals surface area contributed by atoms with Crippen molar-refractivity contribution in [1.29, 1.82) is 0 Å². The van der Waals surface area contributed by atoms with Gasteiger partial charge < -0.3 is 25.1 Å². The van der Waals surface area contributed by atoms with Crippen molar-refractivity contribution in [2.24, 2.45) is 17.8 Å². The van der Waals surface area contributed by atoms with Gasteiger partial charge in [-0.15, -0.1) is 0 Å². The van der Waals surface area contributed by atoms with Gasteiger partial charge in [-0.3, -0.25) is 24.5 Å². The van der Waals surface area contributed by atoms with Gasteiger partial charge >= 0.3 is 12.1 Å². The standard InChI is InChI=1S/C40H38FN9O5/c1-24-25(2)46-33(26(3)45-24)23-54-37(51)18-20-50(35-7-5-6-19-43-35)39(52)28-10-17-34-32(21-28)47-36(49(34)4)22-44-30-13-8-27(9-14-30)38(42)48-40(53)55-31-15-11-29(41)12-16-31/h5-17,19,21,44H,18,20,22-23H2,1-4H3,(H2,42,48,53). The SMILES string of the molecule is Cc1nc(C)c(COC(=O)CCN(C(=O)c2ccc3c(c2)nc(CNc2ccc(/C(N)=N/C(=O)Oc4ccc(F)cc4)cc2)n3C)c2ccccn2)nc1C. The minimum Gasteiger partial charge on any atom is -0.459 e. The molecule has 3 aromatic heterocycles. The highest BCUT2D eigenvalue weighted by atomic mass is 19.1. The normalized spacial score (nSPS) is 11.3. The number of esters is 1. The summed E-state index contributed by atoms with van der Waals surface area (Å²) in [6.07, 6.45) is 0.587. The molecule has 0 saturated carbocycles. The zero-order chi connectivity index (χ0) is 39.1. The number of nitrogens with zero attached hydrogens (tertiary/aromatic N) is 7. The third kappa shape index (κ3) is 9.32. The van der Waals surface area contributed by atoms with Crippen molar-refractivity contribution < 1.29 is 28.2 Å². The van der Waals surface area contributed by atoms with Crippen LogP contribution in [0.1, 0.15) is 50.9 Å². The van der Waals surface area contributed by atoms with Crippen molar-refractivity contribution in [2.45, 2.75) is 40.3 Å². The van der Waals surface area contributed by atoms with Crippen LogP contribution in [-0.4, -0.2) is 54.9 Å². The number of hydrogen-bond donors (Lipinski definition) is 2. The number of aliphatic imine (C=N–C) groups is 1. The van der Waals surface area contributed by atoms with Crippen LogP contribution in [0.3, 0.4) is 0 Å². The molecule has 0 aliphatic heterocycles. The Morgan fingerprint density at radius 1 is 0.891 bits per heavy atom. The molecule has 3 N–H and O–H groups in total. The number of nitrogens with two attached hydrogens (primary N) is 1. The molecule has 280 valence electrons. The fraction of sp³-hybridized carbons (Fsp3) is 0.200. The largest absolute Gasteiger partial charge is 0.459 e. The number of aromatic nitrogens is 5. The van der Waals surface area contributed by atoms with Crippen molar-refractivity contribution in [2.75, 3.05) is 16.8 Å². The summed E-state index contributed by atoms with van der Waals surface area (Å²) in [5.41, 5.74) is 11.9. The third-order valence-electron chi connectivity index (χ3n) is 8.74. The molecule has 2 amide bonds. The Balaban J connectivity index is 1.09. The number of amidine groups is 1. The fourth-order valence-corrected chi connectivity index (χ4v) is 5.58. The van der Waals surface area contributed by atoms with Gasteiger partial charge in [0, 0.05) is 36.6 Å². The van der Waals surface area contributed by atoms with Gasteiger partial charge in [0.25, 0.3) is 5.91 Å². The highest BCUT2D eigenvalue weighted by Crippen LogP contribution is 2.22. The van der Waals surface area contributed by atoms with Gasteiger partial charge in [-0.25, -0.2) is 19.2 Å². The number of rotatable bonds is 12. The Morgan fingerprint density at radius 3 is 2.35 bits per heavy atom. The van der Waals surface area contributed by atoms with Crippen LogP contribution in [-0.2, 0) is 29.7 Å². The number of hydrogen-bond acceptors (Lipinski definition) is 10. The van der Waals surface area contributed by atoms with Gasteiger partial charge in [0.15, 0.2) is 0 Å². The molecule has 0 unspecified atom stereocenters. The number of carbonyl (C=O) groups excluding carboxylic acids is 3. The van der Waals surface area contributed by atoms with E-state index in [1.54, 1.807) is 60.8 Å². The number of ether oxygens (including phenoxy) is 2. The van der Waals surface area contributed by atoms with Gasteiger partial charge in [-0.1, -0.05) is 6.07 Å². The zero-order valence-corrected chi connectivity index (χ0v) is 30.6. The average Bonchev–Trinajstić information content (AvgIpc) is 3.50. The van der Waals surface area contributed by atoms with E-state index in [0.29, 0.717) is 46.2 Å². The summed E-state index contributed by atoms with van der Waals surface area (Å²) in [6.45, 7) is 5.92. The lowest BCUT2D eigenvalue weighted by atomic mass is 10.1. The Hall–Kier alpha value is -7.03. The van der Waals surface area contributed by atoms with Crippen molar-refractivity contribution in [3.05, 3.63) is 137 Å². The summed E-state index contributed by atoms with van der Waals surface area (Å²) in [6, 6.07) is 22.4.